The lowest BCUT2D eigenvalue weighted by Gasteiger charge is -2.31. The second-order valence-corrected chi connectivity index (χ2v) is 6.37. The minimum atomic E-state index is -0.601. The smallest absolute Gasteiger partial charge is 0.309 e. The van der Waals surface area contributed by atoms with Crippen molar-refractivity contribution in [2.45, 2.75) is 18.8 Å². The predicted molar refractivity (Wildman–Crippen MR) is 89.0 cm³/mol. The summed E-state index contributed by atoms with van der Waals surface area (Å²) in [7, 11) is 0. The summed E-state index contributed by atoms with van der Waals surface area (Å²) in [6.07, 6.45) is 3.87. The van der Waals surface area contributed by atoms with Gasteiger partial charge in [0.2, 0.25) is 0 Å². The molecule has 1 aromatic rings. The first-order valence-electron chi connectivity index (χ1n) is 7.63. The Morgan fingerprint density at radius 2 is 2.05 bits per heavy atom. The van der Waals surface area contributed by atoms with Gasteiger partial charge in [-0.2, -0.15) is 0 Å². The lowest BCUT2D eigenvalue weighted by atomic mass is 9.95. The van der Waals surface area contributed by atoms with Gasteiger partial charge in [-0.3, -0.25) is 9.59 Å². The van der Waals surface area contributed by atoms with Crippen LogP contribution in [0.3, 0.4) is 0 Å². The van der Waals surface area contributed by atoms with Crippen molar-refractivity contribution < 1.29 is 9.59 Å². The fourth-order valence-electron chi connectivity index (χ4n) is 2.62. The molecule has 0 spiro atoms. The molecule has 1 saturated heterocycles. The van der Waals surface area contributed by atoms with E-state index in [1.165, 1.54) is 4.88 Å². The Labute approximate surface area is 135 Å². The van der Waals surface area contributed by atoms with Crippen molar-refractivity contribution in [2.24, 2.45) is 0 Å². The molecule has 1 aromatic heterocycles. The number of hydrogen-bond acceptors (Lipinski definition) is 4. The van der Waals surface area contributed by atoms with Gasteiger partial charge in [-0.1, -0.05) is 12.1 Å². The van der Waals surface area contributed by atoms with Crippen molar-refractivity contribution in [1.82, 2.24) is 15.5 Å². The topological polar surface area (TPSA) is 61.4 Å². The molecule has 0 saturated carbocycles. The monoisotopic (exact) mass is 321 g/mol. The SMILES string of the molecule is C=CCNC(=O)C(=O)NCCN1CCC(c2cccs2)CC1. The molecule has 22 heavy (non-hydrogen) atoms. The lowest BCUT2D eigenvalue weighted by Crippen LogP contribution is -2.44. The van der Waals surface area contributed by atoms with Crippen LogP contribution in [0, 0.1) is 0 Å². The van der Waals surface area contributed by atoms with Crippen LogP contribution in [0.5, 0.6) is 0 Å². The van der Waals surface area contributed by atoms with Crippen LogP contribution in [0.1, 0.15) is 23.6 Å². The van der Waals surface area contributed by atoms with Crippen molar-refractivity contribution >= 4 is 23.2 Å². The van der Waals surface area contributed by atoms with Crippen LogP contribution in [0.4, 0.5) is 0 Å². The van der Waals surface area contributed by atoms with Crippen molar-refractivity contribution in [1.29, 1.82) is 0 Å². The summed E-state index contributed by atoms with van der Waals surface area (Å²) < 4.78 is 0. The molecule has 2 rings (SSSR count). The van der Waals surface area contributed by atoms with Gasteiger partial charge in [0.15, 0.2) is 0 Å². The zero-order chi connectivity index (χ0) is 15.8. The highest BCUT2D eigenvalue weighted by Gasteiger charge is 2.21. The molecule has 0 aliphatic carbocycles. The molecule has 1 fully saturated rings. The number of thiophene rings is 1. The predicted octanol–water partition coefficient (Wildman–Crippen LogP) is 1.35. The largest absolute Gasteiger partial charge is 0.347 e. The Bertz CT molecular complexity index is 493. The maximum Gasteiger partial charge on any atom is 0.309 e. The van der Waals surface area contributed by atoms with Crippen LogP contribution in [0.2, 0.25) is 0 Å². The number of rotatable bonds is 6. The van der Waals surface area contributed by atoms with E-state index < -0.39 is 11.8 Å². The van der Waals surface area contributed by atoms with Crippen molar-refractivity contribution in [3.8, 4) is 0 Å². The number of nitrogens with one attached hydrogen (secondary N) is 2. The number of amides is 2. The van der Waals surface area contributed by atoms with Crippen molar-refractivity contribution in [3.05, 3.63) is 35.0 Å². The molecule has 0 bridgehead atoms. The molecule has 1 aliphatic rings. The summed E-state index contributed by atoms with van der Waals surface area (Å²) in [6, 6.07) is 4.33. The van der Waals surface area contributed by atoms with E-state index >= 15 is 0 Å². The molecule has 0 atom stereocenters. The average molecular weight is 321 g/mol. The third-order valence-corrected chi connectivity index (χ3v) is 4.89. The maximum atomic E-state index is 11.5. The van der Waals surface area contributed by atoms with E-state index in [0.717, 1.165) is 32.5 Å². The van der Waals surface area contributed by atoms with Gasteiger partial charge in [0.05, 0.1) is 0 Å². The maximum absolute atomic E-state index is 11.5. The van der Waals surface area contributed by atoms with Crippen LogP contribution < -0.4 is 10.6 Å². The number of hydrogen-bond donors (Lipinski definition) is 2. The van der Waals surface area contributed by atoms with Crippen LogP contribution in [0.15, 0.2) is 30.2 Å². The van der Waals surface area contributed by atoms with Gasteiger partial charge in [-0.05, 0) is 43.3 Å². The van der Waals surface area contributed by atoms with Crippen molar-refractivity contribution in [2.75, 3.05) is 32.7 Å². The normalized spacial score (nSPS) is 16.2. The summed E-state index contributed by atoms with van der Waals surface area (Å²) in [5.41, 5.74) is 0. The van der Waals surface area contributed by atoms with Gasteiger partial charge in [-0.25, -0.2) is 0 Å². The molecule has 0 aromatic carbocycles. The van der Waals surface area contributed by atoms with Gasteiger partial charge >= 0.3 is 11.8 Å². The molecule has 6 heteroatoms. The summed E-state index contributed by atoms with van der Waals surface area (Å²) in [4.78, 5) is 26.7. The van der Waals surface area contributed by atoms with E-state index in [9.17, 15) is 9.59 Å². The first kappa shape index (κ1) is 16.7. The molecule has 0 radical (unpaired) electrons. The first-order chi connectivity index (χ1) is 10.7. The zero-order valence-corrected chi connectivity index (χ0v) is 13.5. The standard InChI is InChI=1S/C16H23N3O2S/c1-2-7-17-15(20)16(21)18-8-11-19-9-5-13(6-10-19)14-4-3-12-22-14/h2-4,12-13H,1,5-11H2,(H,17,20)(H,18,21). The Morgan fingerprint density at radius 3 is 2.68 bits per heavy atom. The molecule has 0 unspecified atom stereocenters. The minimum absolute atomic E-state index is 0.308. The van der Waals surface area contributed by atoms with E-state index in [1.807, 2.05) is 11.3 Å². The summed E-state index contributed by atoms with van der Waals surface area (Å²) in [5.74, 6) is -0.498. The van der Waals surface area contributed by atoms with Gasteiger partial charge in [0.25, 0.3) is 0 Å². The van der Waals surface area contributed by atoms with E-state index in [2.05, 4.69) is 39.6 Å². The number of nitrogens with zero attached hydrogens (tertiary/aromatic N) is 1. The fourth-order valence-corrected chi connectivity index (χ4v) is 3.52. The van der Waals surface area contributed by atoms with Crippen molar-refractivity contribution in [3.63, 3.8) is 0 Å². The summed E-state index contributed by atoms with van der Waals surface area (Å²) >= 11 is 1.84. The van der Waals surface area contributed by atoms with E-state index in [-0.39, 0.29) is 0 Å². The fraction of sp³-hybridized carbons (Fsp3) is 0.500. The van der Waals surface area contributed by atoms with E-state index in [0.29, 0.717) is 19.0 Å². The van der Waals surface area contributed by atoms with E-state index in [4.69, 9.17) is 0 Å². The van der Waals surface area contributed by atoms with E-state index in [1.54, 1.807) is 6.08 Å². The zero-order valence-electron chi connectivity index (χ0n) is 12.7. The van der Waals surface area contributed by atoms with Gasteiger partial charge in [0.1, 0.15) is 0 Å². The number of piperidine rings is 1. The molecule has 2 amide bonds. The minimum Gasteiger partial charge on any atom is -0.347 e. The molecule has 5 nitrogen and oxygen atoms in total. The third kappa shape index (κ3) is 4.96. The van der Waals surface area contributed by atoms with Crippen LogP contribution in [-0.2, 0) is 9.59 Å². The lowest BCUT2D eigenvalue weighted by molar-refractivity contribution is -0.139. The highest BCUT2D eigenvalue weighted by molar-refractivity contribution is 7.10. The number of carbonyl (C=O) groups is 2. The molecule has 120 valence electrons. The first-order valence-corrected chi connectivity index (χ1v) is 8.51. The highest BCUT2D eigenvalue weighted by Crippen LogP contribution is 2.30. The molecular formula is C16H23N3O2S. The second kappa shape index (κ2) is 8.70. The quantitative estimate of drug-likeness (QED) is 0.614. The molecule has 2 N–H and O–H groups in total. The van der Waals surface area contributed by atoms with Gasteiger partial charge in [0, 0.05) is 24.5 Å². The van der Waals surface area contributed by atoms with Crippen LogP contribution >= 0.6 is 11.3 Å². The number of likely N-dealkylation sites (tertiary alicyclic amines) is 1. The van der Waals surface area contributed by atoms with Crippen LogP contribution in [0.25, 0.3) is 0 Å². The summed E-state index contributed by atoms with van der Waals surface area (Å²) in [5, 5.41) is 7.25. The van der Waals surface area contributed by atoms with Gasteiger partial charge in [-0.15, -0.1) is 17.9 Å². The molecule has 2 heterocycles. The Morgan fingerprint density at radius 1 is 1.32 bits per heavy atom. The average Bonchev–Trinajstić information content (AvgIpc) is 3.07. The third-order valence-electron chi connectivity index (χ3n) is 3.86. The second-order valence-electron chi connectivity index (χ2n) is 5.39. The Hall–Kier alpha value is -1.66. The number of carbonyl (C=O) groups excluding carboxylic acids is 2. The highest BCUT2D eigenvalue weighted by atomic mass is 32.1. The molecule has 1 aliphatic heterocycles. The van der Waals surface area contributed by atoms with Crippen LogP contribution in [-0.4, -0.2) is 49.4 Å². The summed E-state index contributed by atoms with van der Waals surface area (Å²) in [6.45, 7) is 7.17. The Balaban J connectivity index is 1.62. The Kier molecular flexibility index (Phi) is 6.61. The van der Waals surface area contributed by atoms with Gasteiger partial charge < -0.3 is 15.5 Å². The molecular weight excluding hydrogens is 298 g/mol.